The number of ether oxygens (including phenoxy) is 3. The van der Waals surface area contributed by atoms with E-state index in [1.165, 1.54) is 0 Å². The first-order valence-electron chi connectivity index (χ1n) is 8.49. The normalized spacial score (nSPS) is 11.9. The van der Waals surface area contributed by atoms with E-state index in [2.05, 4.69) is 10.3 Å². The van der Waals surface area contributed by atoms with E-state index in [-0.39, 0.29) is 12.7 Å². The van der Waals surface area contributed by atoms with Crippen molar-refractivity contribution in [3.8, 4) is 28.4 Å². The van der Waals surface area contributed by atoms with Crippen molar-refractivity contribution in [2.45, 2.75) is 6.54 Å². The van der Waals surface area contributed by atoms with Crippen molar-refractivity contribution < 1.29 is 19.0 Å². The molecule has 1 amide bonds. The smallest absolute Gasteiger partial charge is 0.253 e. The monoisotopic (exact) mass is 362 g/mol. The predicted molar refractivity (Wildman–Crippen MR) is 100.0 cm³/mol. The van der Waals surface area contributed by atoms with Crippen LogP contribution in [0, 0.1) is 0 Å². The number of hydrogen-bond donors (Lipinski definition) is 1. The Morgan fingerprint density at radius 1 is 1.04 bits per heavy atom. The zero-order chi connectivity index (χ0) is 18.6. The van der Waals surface area contributed by atoms with E-state index in [0.29, 0.717) is 17.9 Å². The fraction of sp³-hybridized carbons (Fsp3) is 0.143. The van der Waals surface area contributed by atoms with Gasteiger partial charge in [-0.15, -0.1) is 0 Å². The molecule has 0 saturated carbocycles. The van der Waals surface area contributed by atoms with Crippen LogP contribution in [-0.4, -0.2) is 24.8 Å². The van der Waals surface area contributed by atoms with Gasteiger partial charge in [0.1, 0.15) is 5.75 Å². The summed E-state index contributed by atoms with van der Waals surface area (Å²) in [5.74, 6) is 2.02. The molecule has 0 radical (unpaired) electrons. The van der Waals surface area contributed by atoms with Crippen LogP contribution < -0.4 is 19.5 Å². The minimum atomic E-state index is -0.185. The summed E-state index contributed by atoms with van der Waals surface area (Å²) in [5.41, 5.74) is 3.28. The van der Waals surface area contributed by atoms with Crippen LogP contribution in [0.3, 0.4) is 0 Å². The number of carbonyl (C=O) groups excluding carboxylic acids is 1. The van der Waals surface area contributed by atoms with Gasteiger partial charge in [0.15, 0.2) is 11.5 Å². The maximum atomic E-state index is 12.5. The predicted octanol–water partition coefficient (Wildman–Crippen LogP) is 3.42. The molecule has 3 aromatic rings. The van der Waals surface area contributed by atoms with Crippen molar-refractivity contribution in [1.82, 2.24) is 10.3 Å². The molecule has 136 valence electrons. The van der Waals surface area contributed by atoms with E-state index in [1.807, 2.05) is 48.5 Å². The quantitative estimate of drug-likeness (QED) is 0.753. The molecule has 1 aliphatic rings. The lowest BCUT2D eigenvalue weighted by Gasteiger charge is -2.08. The standard InChI is InChI=1S/C21H18N2O4/c1-25-18-5-3-15(4-6-18)16-9-17(12-22-11-16)21(24)23-10-14-2-7-19-20(8-14)27-13-26-19/h2-9,11-12H,10,13H2,1H3,(H,23,24). The first-order valence-corrected chi connectivity index (χ1v) is 8.49. The third-order valence-electron chi connectivity index (χ3n) is 4.31. The summed E-state index contributed by atoms with van der Waals surface area (Å²) >= 11 is 0. The van der Waals surface area contributed by atoms with Gasteiger partial charge in [-0.3, -0.25) is 9.78 Å². The number of fused-ring (bicyclic) bond motifs is 1. The van der Waals surface area contributed by atoms with E-state index in [9.17, 15) is 4.79 Å². The largest absolute Gasteiger partial charge is 0.497 e. The Hall–Kier alpha value is -3.54. The minimum absolute atomic E-state index is 0.185. The molecule has 0 unspecified atom stereocenters. The fourth-order valence-electron chi connectivity index (χ4n) is 2.84. The van der Waals surface area contributed by atoms with Gasteiger partial charge in [-0.2, -0.15) is 0 Å². The molecule has 6 heteroatoms. The maximum absolute atomic E-state index is 12.5. The number of hydrogen-bond acceptors (Lipinski definition) is 5. The highest BCUT2D eigenvalue weighted by atomic mass is 16.7. The zero-order valence-electron chi connectivity index (χ0n) is 14.8. The second-order valence-corrected chi connectivity index (χ2v) is 6.06. The molecule has 0 aliphatic carbocycles. The van der Waals surface area contributed by atoms with Gasteiger partial charge in [0, 0.05) is 24.5 Å². The van der Waals surface area contributed by atoms with Gasteiger partial charge < -0.3 is 19.5 Å². The van der Waals surface area contributed by atoms with Crippen molar-refractivity contribution in [2.24, 2.45) is 0 Å². The van der Waals surface area contributed by atoms with Crippen LogP contribution in [0.4, 0.5) is 0 Å². The van der Waals surface area contributed by atoms with Crippen molar-refractivity contribution in [3.63, 3.8) is 0 Å². The average molecular weight is 362 g/mol. The topological polar surface area (TPSA) is 69.7 Å². The molecule has 0 fully saturated rings. The van der Waals surface area contributed by atoms with Gasteiger partial charge >= 0.3 is 0 Å². The number of amides is 1. The SMILES string of the molecule is COc1ccc(-c2cncc(C(=O)NCc3ccc4c(c3)OCO4)c2)cc1. The molecule has 27 heavy (non-hydrogen) atoms. The molecule has 1 N–H and O–H groups in total. The number of methoxy groups -OCH3 is 1. The van der Waals surface area contributed by atoms with Crippen LogP contribution in [0.1, 0.15) is 15.9 Å². The van der Waals surface area contributed by atoms with E-state index >= 15 is 0 Å². The van der Waals surface area contributed by atoms with Crippen molar-refractivity contribution in [1.29, 1.82) is 0 Å². The van der Waals surface area contributed by atoms with Gasteiger partial charge in [-0.1, -0.05) is 18.2 Å². The highest BCUT2D eigenvalue weighted by Gasteiger charge is 2.14. The highest BCUT2D eigenvalue weighted by molar-refractivity contribution is 5.95. The number of rotatable bonds is 5. The summed E-state index contributed by atoms with van der Waals surface area (Å²) in [7, 11) is 1.63. The van der Waals surface area contributed by atoms with E-state index in [1.54, 1.807) is 19.5 Å². The molecular weight excluding hydrogens is 344 g/mol. The molecule has 6 nitrogen and oxygen atoms in total. The van der Waals surface area contributed by atoms with E-state index in [4.69, 9.17) is 14.2 Å². The molecule has 0 spiro atoms. The van der Waals surface area contributed by atoms with Crippen LogP contribution in [-0.2, 0) is 6.54 Å². The fourth-order valence-corrected chi connectivity index (χ4v) is 2.84. The van der Waals surface area contributed by atoms with E-state index < -0.39 is 0 Å². The molecule has 0 bridgehead atoms. The second kappa shape index (κ2) is 7.37. The van der Waals surface area contributed by atoms with E-state index in [0.717, 1.165) is 28.2 Å². The van der Waals surface area contributed by atoms with Gasteiger partial charge in [0.2, 0.25) is 6.79 Å². The Labute approximate surface area is 156 Å². The molecule has 4 rings (SSSR count). The van der Waals surface area contributed by atoms with Gasteiger partial charge in [0.25, 0.3) is 5.91 Å². The summed E-state index contributed by atoms with van der Waals surface area (Å²) < 4.78 is 15.8. The summed E-state index contributed by atoms with van der Waals surface area (Å²) in [6, 6.07) is 15.1. The Morgan fingerprint density at radius 2 is 1.85 bits per heavy atom. The lowest BCUT2D eigenvalue weighted by Crippen LogP contribution is -2.22. The summed E-state index contributed by atoms with van der Waals surface area (Å²) in [4.78, 5) is 16.7. The molecule has 2 heterocycles. The minimum Gasteiger partial charge on any atom is -0.497 e. The van der Waals surface area contributed by atoms with Crippen molar-refractivity contribution in [3.05, 3.63) is 72.1 Å². The average Bonchev–Trinajstić information content (AvgIpc) is 3.20. The lowest BCUT2D eigenvalue weighted by atomic mass is 10.1. The Kier molecular flexibility index (Phi) is 4.61. The van der Waals surface area contributed by atoms with Gasteiger partial charge in [-0.05, 0) is 41.5 Å². The lowest BCUT2D eigenvalue weighted by molar-refractivity contribution is 0.0950. The Bertz CT molecular complexity index is 970. The highest BCUT2D eigenvalue weighted by Crippen LogP contribution is 2.32. The molecule has 0 saturated heterocycles. The van der Waals surface area contributed by atoms with Gasteiger partial charge in [-0.25, -0.2) is 0 Å². The second-order valence-electron chi connectivity index (χ2n) is 6.06. The Balaban J connectivity index is 1.45. The van der Waals surface area contributed by atoms with Crippen LogP contribution in [0.2, 0.25) is 0 Å². The zero-order valence-corrected chi connectivity index (χ0v) is 14.8. The third kappa shape index (κ3) is 3.69. The van der Waals surface area contributed by atoms with Crippen LogP contribution >= 0.6 is 0 Å². The maximum Gasteiger partial charge on any atom is 0.253 e. The molecular formula is C21H18N2O4. The molecule has 0 atom stereocenters. The first-order chi connectivity index (χ1) is 13.2. The Morgan fingerprint density at radius 3 is 2.67 bits per heavy atom. The van der Waals surface area contributed by atoms with Crippen LogP contribution in [0.5, 0.6) is 17.2 Å². The van der Waals surface area contributed by atoms with Gasteiger partial charge in [0.05, 0.1) is 12.7 Å². The number of pyridine rings is 1. The summed E-state index contributed by atoms with van der Waals surface area (Å²) in [6.45, 7) is 0.622. The summed E-state index contributed by atoms with van der Waals surface area (Å²) in [6.07, 6.45) is 3.29. The summed E-state index contributed by atoms with van der Waals surface area (Å²) in [5, 5.41) is 2.91. The number of nitrogens with zero attached hydrogens (tertiary/aromatic N) is 1. The molecule has 1 aliphatic heterocycles. The molecule has 2 aromatic carbocycles. The van der Waals surface area contributed by atoms with Crippen molar-refractivity contribution >= 4 is 5.91 Å². The van der Waals surface area contributed by atoms with Crippen molar-refractivity contribution in [2.75, 3.05) is 13.9 Å². The number of nitrogens with one attached hydrogen (secondary N) is 1. The number of carbonyl (C=O) groups is 1. The number of benzene rings is 2. The number of aromatic nitrogens is 1. The molecule has 1 aromatic heterocycles. The first kappa shape index (κ1) is 16.9. The van der Waals surface area contributed by atoms with Crippen LogP contribution in [0.15, 0.2) is 60.9 Å². The third-order valence-corrected chi connectivity index (χ3v) is 4.31. The van der Waals surface area contributed by atoms with Crippen LogP contribution in [0.25, 0.3) is 11.1 Å².